The van der Waals surface area contributed by atoms with E-state index in [0.717, 1.165) is 0 Å². The standard InChI is InChI=1S/C18H19ClFN5O3/c19-9-3-1-8(2-4-9)14(26)10-7-12(16(28)15(10)27)25-11-5-6-22-18(23-21)13(11)17(20)24-25/h1-4,6,10,12,14-16,26-28H,5,7,21H2/b23-18+/t10-,12-,14-,15-,16+/m1/s1. The molecule has 148 valence electrons. The molecule has 8 nitrogen and oxygen atoms in total. The van der Waals surface area contributed by atoms with Gasteiger partial charge in [0.1, 0.15) is 6.10 Å². The summed E-state index contributed by atoms with van der Waals surface area (Å²) in [5.41, 5.74) is 1.13. The summed E-state index contributed by atoms with van der Waals surface area (Å²) in [5, 5.41) is 39.8. The molecule has 2 heterocycles. The minimum Gasteiger partial charge on any atom is -0.390 e. The molecule has 28 heavy (non-hydrogen) atoms. The molecule has 2 aromatic rings. The first-order valence-corrected chi connectivity index (χ1v) is 9.17. The Bertz CT molecular complexity index is 945. The number of rotatable bonds is 3. The Morgan fingerprint density at radius 2 is 1.96 bits per heavy atom. The number of aliphatic imine (C=N–C) groups is 1. The number of fused-ring (bicyclic) bond motifs is 1. The first-order valence-electron chi connectivity index (χ1n) is 8.79. The van der Waals surface area contributed by atoms with Crippen molar-refractivity contribution < 1.29 is 19.7 Å². The Morgan fingerprint density at radius 1 is 1.25 bits per heavy atom. The van der Waals surface area contributed by atoms with Crippen molar-refractivity contribution in [2.24, 2.45) is 21.9 Å². The van der Waals surface area contributed by atoms with Crippen LogP contribution in [0.25, 0.3) is 0 Å². The molecule has 2 aliphatic rings. The van der Waals surface area contributed by atoms with E-state index in [1.54, 1.807) is 24.3 Å². The van der Waals surface area contributed by atoms with Crippen LogP contribution in [0.15, 0.2) is 34.4 Å². The van der Waals surface area contributed by atoms with Crippen LogP contribution in [-0.2, 0) is 6.42 Å². The molecule has 0 spiro atoms. The fraction of sp³-hybridized carbons (Fsp3) is 0.389. The summed E-state index contributed by atoms with van der Waals surface area (Å²) in [7, 11) is 0. The summed E-state index contributed by atoms with van der Waals surface area (Å²) in [4.78, 5) is 3.96. The predicted octanol–water partition coefficient (Wildman–Crippen LogP) is 0.939. The number of halogens is 2. The Morgan fingerprint density at radius 3 is 2.64 bits per heavy atom. The summed E-state index contributed by atoms with van der Waals surface area (Å²) in [5.74, 6) is 3.84. The van der Waals surface area contributed by atoms with Crippen molar-refractivity contribution in [2.45, 2.75) is 37.2 Å². The van der Waals surface area contributed by atoms with Gasteiger partial charge in [-0.15, -0.1) is 5.10 Å². The number of aliphatic hydroxyl groups excluding tert-OH is 3. The maximum atomic E-state index is 14.4. The van der Waals surface area contributed by atoms with Gasteiger partial charge in [-0.3, -0.25) is 4.68 Å². The first-order chi connectivity index (χ1) is 13.4. The lowest BCUT2D eigenvalue weighted by Crippen LogP contribution is -2.32. The number of hydrogen-bond acceptors (Lipinski definition) is 6. The molecule has 0 saturated heterocycles. The van der Waals surface area contributed by atoms with Crippen molar-refractivity contribution in [1.82, 2.24) is 9.78 Å². The Hall–Kier alpha value is -2.33. The van der Waals surface area contributed by atoms with E-state index in [1.807, 2.05) is 0 Å². The molecule has 4 rings (SSSR count). The lowest BCUT2D eigenvalue weighted by molar-refractivity contribution is -0.0275. The maximum absolute atomic E-state index is 14.4. The van der Waals surface area contributed by atoms with Gasteiger partial charge in [-0.2, -0.15) is 9.49 Å². The van der Waals surface area contributed by atoms with E-state index >= 15 is 0 Å². The highest BCUT2D eigenvalue weighted by Crippen LogP contribution is 2.43. The highest BCUT2D eigenvalue weighted by molar-refractivity contribution is 6.30. The molecule has 5 N–H and O–H groups in total. The number of aliphatic hydroxyl groups is 3. The molecule has 1 saturated carbocycles. The minimum absolute atomic E-state index is 0.0239. The van der Waals surface area contributed by atoms with E-state index in [2.05, 4.69) is 15.2 Å². The fourth-order valence-electron chi connectivity index (χ4n) is 4.02. The smallest absolute Gasteiger partial charge is 0.244 e. The van der Waals surface area contributed by atoms with Crippen molar-refractivity contribution in [1.29, 1.82) is 0 Å². The van der Waals surface area contributed by atoms with E-state index in [1.165, 1.54) is 10.9 Å². The van der Waals surface area contributed by atoms with Crippen LogP contribution in [0.1, 0.15) is 35.4 Å². The summed E-state index contributed by atoms with van der Waals surface area (Å²) in [6.07, 6.45) is -1.44. The zero-order chi connectivity index (χ0) is 20.0. The average Bonchev–Trinajstić information content (AvgIpc) is 3.19. The molecule has 1 aromatic carbocycles. The Labute approximate surface area is 164 Å². The summed E-state index contributed by atoms with van der Waals surface area (Å²) in [6, 6.07) is 5.89. The van der Waals surface area contributed by atoms with Crippen molar-refractivity contribution in [3.8, 4) is 0 Å². The SMILES string of the molecule is N/N=C1/N=CCc2c1c(F)nn2[C@@H]1C[C@H]([C@H](O)c2ccc(Cl)cc2)[C@@H](O)[C@H]1O. The number of amidine groups is 1. The van der Waals surface area contributed by atoms with Gasteiger partial charge in [-0.25, -0.2) is 4.99 Å². The van der Waals surface area contributed by atoms with Gasteiger partial charge in [0.2, 0.25) is 5.95 Å². The van der Waals surface area contributed by atoms with Gasteiger partial charge >= 0.3 is 0 Å². The van der Waals surface area contributed by atoms with E-state index in [0.29, 0.717) is 16.3 Å². The maximum Gasteiger partial charge on any atom is 0.244 e. The van der Waals surface area contributed by atoms with E-state index in [-0.39, 0.29) is 24.2 Å². The molecule has 5 atom stereocenters. The number of hydrazone groups is 1. The van der Waals surface area contributed by atoms with E-state index in [9.17, 15) is 19.7 Å². The largest absolute Gasteiger partial charge is 0.390 e. The van der Waals surface area contributed by atoms with Crippen LogP contribution in [0.3, 0.4) is 0 Å². The molecule has 0 unspecified atom stereocenters. The molecule has 0 bridgehead atoms. The van der Waals surface area contributed by atoms with Gasteiger partial charge in [-0.1, -0.05) is 23.7 Å². The molecule has 1 aliphatic carbocycles. The van der Waals surface area contributed by atoms with Crippen molar-refractivity contribution >= 4 is 23.7 Å². The lowest BCUT2D eigenvalue weighted by Gasteiger charge is -2.22. The number of nitrogens with two attached hydrogens (primary N) is 1. The van der Waals surface area contributed by atoms with Crippen LogP contribution in [0.5, 0.6) is 0 Å². The summed E-state index contributed by atoms with van der Waals surface area (Å²) < 4.78 is 15.8. The van der Waals surface area contributed by atoms with Gasteiger partial charge in [-0.05, 0) is 24.1 Å². The second kappa shape index (κ2) is 7.25. The number of benzene rings is 1. The predicted molar refractivity (Wildman–Crippen MR) is 101 cm³/mol. The van der Waals surface area contributed by atoms with Crippen molar-refractivity contribution in [3.63, 3.8) is 0 Å². The Balaban J connectivity index is 1.65. The van der Waals surface area contributed by atoms with Crippen molar-refractivity contribution in [2.75, 3.05) is 0 Å². The molecular weight excluding hydrogens is 389 g/mol. The first kappa shape index (κ1) is 19.0. The topological polar surface area (TPSA) is 129 Å². The number of hydrogen-bond donors (Lipinski definition) is 4. The van der Waals surface area contributed by atoms with Crippen LogP contribution in [-0.4, -0.2) is 49.4 Å². The van der Waals surface area contributed by atoms with Crippen LogP contribution in [0, 0.1) is 11.9 Å². The van der Waals surface area contributed by atoms with Gasteiger partial charge in [0.05, 0.1) is 29.5 Å². The monoisotopic (exact) mass is 407 g/mol. The van der Waals surface area contributed by atoms with E-state index in [4.69, 9.17) is 17.4 Å². The molecule has 1 aromatic heterocycles. The fourth-order valence-corrected chi connectivity index (χ4v) is 4.14. The normalized spacial score (nSPS) is 29.2. The van der Waals surface area contributed by atoms with Crippen LogP contribution in [0.2, 0.25) is 5.02 Å². The minimum atomic E-state index is -1.23. The molecule has 1 aliphatic heterocycles. The van der Waals surface area contributed by atoms with Gasteiger partial charge in [0.25, 0.3) is 0 Å². The second-order valence-electron chi connectivity index (χ2n) is 6.97. The summed E-state index contributed by atoms with van der Waals surface area (Å²) in [6.45, 7) is 0. The van der Waals surface area contributed by atoms with Crippen LogP contribution >= 0.6 is 11.6 Å². The lowest BCUT2D eigenvalue weighted by atomic mass is 9.92. The summed E-state index contributed by atoms with van der Waals surface area (Å²) >= 11 is 5.88. The third kappa shape index (κ3) is 3.00. The highest BCUT2D eigenvalue weighted by atomic mass is 35.5. The number of aromatic nitrogens is 2. The Kier molecular flexibility index (Phi) is 4.92. The molecular formula is C18H19ClFN5O3. The van der Waals surface area contributed by atoms with Crippen molar-refractivity contribution in [3.05, 3.63) is 52.1 Å². The zero-order valence-corrected chi connectivity index (χ0v) is 15.4. The van der Waals surface area contributed by atoms with Gasteiger partial charge in [0, 0.05) is 23.6 Å². The average molecular weight is 408 g/mol. The second-order valence-corrected chi connectivity index (χ2v) is 7.41. The molecule has 0 amide bonds. The molecule has 10 heteroatoms. The number of nitrogens with zero attached hydrogens (tertiary/aromatic N) is 4. The van der Waals surface area contributed by atoms with E-state index < -0.39 is 36.2 Å². The molecule has 0 radical (unpaired) electrons. The third-order valence-corrected chi connectivity index (χ3v) is 5.69. The van der Waals surface area contributed by atoms with Crippen LogP contribution < -0.4 is 5.84 Å². The third-order valence-electron chi connectivity index (χ3n) is 5.44. The highest BCUT2D eigenvalue weighted by Gasteiger charge is 2.47. The quantitative estimate of drug-likeness (QED) is 0.444. The molecule has 1 fully saturated rings. The van der Waals surface area contributed by atoms with Crippen LogP contribution in [0.4, 0.5) is 4.39 Å². The van der Waals surface area contributed by atoms with Gasteiger partial charge < -0.3 is 21.2 Å². The van der Waals surface area contributed by atoms with Gasteiger partial charge in [0.15, 0.2) is 5.84 Å². The zero-order valence-electron chi connectivity index (χ0n) is 14.7.